The molecule has 0 aliphatic carbocycles. The molecular formula is C21H18BrNO3. The van der Waals surface area contributed by atoms with Crippen LogP contribution in [0.4, 0.5) is 5.69 Å². The third kappa shape index (κ3) is 4.06. The summed E-state index contributed by atoms with van der Waals surface area (Å²) in [5.41, 5.74) is 2.83. The van der Waals surface area contributed by atoms with Gasteiger partial charge in [0.15, 0.2) is 0 Å². The number of aromatic carboxylic acids is 1. The summed E-state index contributed by atoms with van der Waals surface area (Å²) in [5.74, 6) is -0.203. The molecule has 0 saturated carbocycles. The zero-order valence-corrected chi connectivity index (χ0v) is 15.7. The smallest absolute Gasteiger partial charge is 0.337 e. The zero-order chi connectivity index (χ0) is 18.5. The van der Waals surface area contributed by atoms with Crippen LogP contribution in [0.5, 0.6) is 5.75 Å². The van der Waals surface area contributed by atoms with E-state index in [1.54, 1.807) is 19.2 Å². The van der Waals surface area contributed by atoms with Gasteiger partial charge in [-0.15, -0.1) is 0 Å². The predicted molar refractivity (Wildman–Crippen MR) is 106 cm³/mol. The zero-order valence-electron chi connectivity index (χ0n) is 14.1. The molecule has 0 amide bonds. The van der Waals surface area contributed by atoms with Gasteiger partial charge in [0.2, 0.25) is 0 Å². The average Bonchev–Trinajstić information content (AvgIpc) is 2.67. The number of anilines is 1. The van der Waals surface area contributed by atoms with Crippen molar-refractivity contribution in [3.63, 3.8) is 0 Å². The summed E-state index contributed by atoms with van der Waals surface area (Å²) >= 11 is 3.33. The molecule has 1 unspecified atom stereocenters. The van der Waals surface area contributed by atoms with Gasteiger partial charge in [0.1, 0.15) is 5.75 Å². The fourth-order valence-electron chi connectivity index (χ4n) is 2.78. The first-order valence-electron chi connectivity index (χ1n) is 8.07. The van der Waals surface area contributed by atoms with Crippen LogP contribution >= 0.6 is 15.9 Å². The molecule has 0 aromatic heterocycles. The van der Waals surface area contributed by atoms with Gasteiger partial charge < -0.3 is 15.2 Å². The van der Waals surface area contributed by atoms with Crippen LogP contribution in [0, 0.1) is 0 Å². The predicted octanol–water partition coefficient (Wildman–Crippen LogP) is 5.36. The van der Waals surface area contributed by atoms with Crippen LogP contribution in [0.25, 0.3) is 0 Å². The summed E-state index contributed by atoms with van der Waals surface area (Å²) in [7, 11) is 1.63. The Labute approximate surface area is 160 Å². The summed E-state index contributed by atoms with van der Waals surface area (Å²) in [5, 5.41) is 12.9. The van der Waals surface area contributed by atoms with Crippen molar-refractivity contribution in [3.05, 3.63) is 94.0 Å². The van der Waals surface area contributed by atoms with Crippen LogP contribution in [0.3, 0.4) is 0 Å². The van der Waals surface area contributed by atoms with Crippen molar-refractivity contribution in [1.29, 1.82) is 0 Å². The molecule has 1 atom stereocenters. The van der Waals surface area contributed by atoms with E-state index in [2.05, 4.69) is 21.2 Å². The normalized spacial score (nSPS) is 11.6. The number of carboxylic acids is 1. The molecule has 5 heteroatoms. The quantitative estimate of drug-likeness (QED) is 0.573. The van der Waals surface area contributed by atoms with Crippen molar-refractivity contribution in [2.75, 3.05) is 12.4 Å². The van der Waals surface area contributed by atoms with Gasteiger partial charge in [-0.25, -0.2) is 4.79 Å². The highest BCUT2D eigenvalue weighted by atomic mass is 79.9. The second-order valence-electron chi connectivity index (χ2n) is 5.76. The maximum Gasteiger partial charge on any atom is 0.337 e. The molecular weight excluding hydrogens is 394 g/mol. The first-order chi connectivity index (χ1) is 12.6. The van der Waals surface area contributed by atoms with E-state index in [9.17, 15) is 9.90 Å². The lowest BCUT2D eigenvalue weighted by molar-refractivity contribution is 0.0698. The lowest BCUT2D eigenvalue weighted by atomic mass is 9.97. The van der Waals surface area contributed by atoms with Gasteiger partial charge in [0.05, 0.1) is 18.7 Å². The third-order valence-electron chi connectivity index (χ3n) is 4.09. The van der Waals surface area contributed by atoms with E-state index in [1.807, 2.05) is 60.7 Å². The number of hydrogen-bond donors (Lipinski definition) is 2. The Morgan fingerprint density at radius 2 is 1.65 bits per heavy atom. The molecule has 0 fully saturated rings. The van der Waals surface area contributed by atoms with Crippen molar-refractivity contribution in [2.45, 2.75) is 6.04 Å². The topological polar surface area (TPSA) is 58.6 Å². The Hall–Kier alpha value is -2.79. The van der Waals surface area contributed by atoms with Crippen molar-refractivity contribution in [3.8, 4) is 5.75 Å². The molecule has 3 rings (SSSR count). The van der Waals surface area contributed by atoms with E-state index in [0.29, 0.717) is 5.69 Å². The number of halogens is 1. The molecule has 0 aliphatic heterocycles. The van der Waals surface area contributed by atoms with Gasteiger partial charge >= 0.3 is 5.97 Å². The molecule has 132 valence electrons. The van der Waals surface area contributed by atoms with Crippen LogP contribution in [0.2, 0.25) is 0 Å². The van der Waals surface area contributed by atoms with Gasteiger partial charge in [-0.05, 0) is 41.5 Å². The van der Waals surface area contributed by atoms with Crippen LogP contribution in [-0.4, -0.2) is 18.2 Å². The number of carboxylic acid groups (broad SMARTS) is 1. The Morgan fingerprint density at radius 3 is 2.27 bits per heavy atom. The Balaban J connectivity index is 2.03. The highest BCUT2D eigenvalue weighted by molar-refractivity contribution is 9.10. The molecule has 0 spiro atoms. The number of nitrogens with one attached hydrogen (secondary N) is 1. The summed E-state index contributed by atoms with van der Waals surface area (Å²) in [4.78, 5) is 11.6. The van der Waals surface area contributed by atoms with Crippen LogP contribution < -0.4 is 10.1 Å². The third-order valence-corrected chi connectivity index (χ3v) is 4.59. The SMILES string of the molecule is COc1ccc(C(Nc2ccc(Br)cc2C(=O)O)c2ccccc2)cc1. The van der Waals surface area contributed by atoms with Crippen molar-refractivity contribution in [1.82, 2.24) is 0 Å². The van der Waals surface area contributed by atoms with Crippen molar-refractivity contribution < 1.29 is 14.6 Å². The molecule has 0 radical (unpaired) electrons. The maximum atomic E-state index is 11.6. The molecule has 2 N–H and O–H groups in total. The number of hydrogen-bond acceptors (Lipinski definition) is 3. The minimum Gasteiger partial charge on any atom is -0.497 e. The average molecular weight is 412 g/mol. The Bertz CT molecular complexity index is 895. The van der Waals surface area contributed by atoms with Gasteiger partial charge in [-0.2, -0.15) is 0 Å². The summed E-state index contributed by atoms with van der Waals surface area (Å²) in [6, 6.07) is 22.7. The molecule has 0 saturated heterocycles. The number of methoxy groups -OCH3 is 1. The number of rotatable bonds is 6. The lowest BCUT2D eigenvalue weighted by Crippen LogP contribution is -2.15. The minimum absolute atomic E-state index is 0.193. The fraction of sp³-hybridized carbons (Fsp3) is 0.0952. The van der Waals surface area contributed by atoms with Crippen LogP contribution in [0.1, 0.15) is 27.5 Å². The molecule has 0 aliphatic rings. The van der Waals surface area contributed by atoms with Crippen LogP contribution in [0.15, 0.2) is 77.3 Å². The lowest BCUT2D eigenvalue weighted by Gasteiger charge is -2.22. The highest BCUT2D eigenvalue weighted by Gasteiger charge is 2.18. The van der Waals surface area contributed by atoms with Crippen molar-refractivity contribution in [2.24, 2.45) is 0 Å². The van der Waals surface area contributed by atoms with E-state index < -0.39 is 5.97 Å². The first-order valence-corrected chi connectivity index (χ1v) is 8.86. The molecule has 0 heterocycles. The maximum absolute atomic E-state index is 11.6. The molecule has 3 aromatic rings. The molecule has 4 nitrogen and oxygen atoms in total. The van der Waals surface area contributed by atoms with E-state index in [-0.39, 0.29) is 11.6 Å². The van der Waals surface area contributed by atoms with E-state index in [4.69, 9.17) is 4.74 Å². The van der Waals surface area contributed by atoms with E-state index >= 15 is 0 Å². The van der Waals surface area contributed by atoms with Gasteiger partial charge in [0.25, 0.3) is 0 Å². The number of ether oxygens (including phenoxy) is 1. The second-order valence-corrected chi connectivity index (χ2v) is 6.67. The molecule has 0 bridgehead atoms. The Morgan fingerprint density at radius 1 is 1.00 bits per heavy atom. The van der Waals surface area contributed by atoms with Crippen molar-refractivity contribution >= 4 is 27.6 Å². The fourth-order valence-corrected chi connectivity index (χ4v) is 3.14. The monoisotopic (exact) mass is 411 g/mol. The number of carbonyl (C=O) groups is 1. The number of benzene rings is 3. The summed E-state index contributed by atoms with van der Waals surface area (Å²) in [6.45, 7) is 0. The first kappa shape index (κ1) is 18.0. The molecule has 26 heavy (non-hydrogen) atoms. The highest BCUT2D eigenvalue weighted by Crippen LogP contribution is 2.30. The minimum atomic E-state index is -0.977. The summed E-state index contributed by atoms with van der Waals surface area (Å²) < 4.78 is 5.96. The largest absolute Gasteiger partial charge is 0.497 e. The standard InChI is InChI=1S/C21H18BrNO3/c1-26-17-10-7-15(8-11-17)20(14-5-3-2-4-6-14)23-19-12-9-16(22)13-18(19)21(24)25/h2-13,20,23H,1H3,(H,24,25). The van der Waals surface area contributed by atoms with Gasteiger partial charge in [-0.3, -0.25) is 0 Å². The Kier molecular flexibility index (Phi) is 5.58. The van der Waals surface area contributed by atoms with Gasteiger partial charge in [-0.1, -0.05) is 58.4 Å². The van der Waals surface area contributed by atoms with Crippen LogP contribution in [-0.2, 0) is 0 Å². The van der Waals surface area contributed by atoms with E-state index in [1.165, 1.54) is 0 Å². The van der Waals surface area contributed by atoms with Gasteiger partial charge in [0, 0.05) is 10.2 Å². The van der Waals surface area contributed by atoms with E-state index in [0.717, 1.165) is 21.3 Å². The second kappa shape index (κ2) is 8.06. The summed E-state index contributed by atoms with van der Waals surface area (Å²) in [6.07, 6.45) is 0. The molecule has 3 aromatic carbocycles.